The molecular formula is C36H37N5Pt. The van der Waals surface area contributed by atoms with Gasteiger partial charge in [-0.15, -0.1) is 11.4 Å². The van der Waals surface area contributed by atoms with Crippen LogP contribution in [-0.2, 0) is 31.9 Å². The van der Waals surface area contributed by atoms with Crippen molar-refractivity contribution in [1.29, 1.82) is 0 Å². The third-order valence-electron chi connectivity index (χ3n) is 9.57. The SMILES string of the molecule is CC(C)(c1ccccn1)c1cccc(-c2[n-]nc3c2C2CCC3(C)C2(C)C)n1.[Pt+2].c1ccc([N-]c2ccccc2)cc1. The van der Waals surface area contributed by atoms with E-state index in [2.05, 4.69) is 79.4 Å². The van der Waals surface area contributed by atoms with E-state index in [0.29, 0.717) is 5.92 Å². The van der Waals surface area contributed by atoms with Crippen LogP contribution in [-0.4, -0.2) is 15.1 Å². The summed E-state index contributed by atoms with van der Waals surface area (Å²) in [6.45, 7) is 11.5. The van der Waals surface area contributed by atoms with Gasteiger partial charge in [0.1, 0.15) is 0 Å². The molecule has 216 valence electrons. The zero-order valence-electron chi connectivity index (χ0n) is 24.9. The van der Waals surface area contributed by atoms with Crippen LogP contribution in [0.3, 0.4) is 0 Å². The van der Waals surface area contributed by atoms with E-state index in [1.807, 2.05) is 79.0 Å². The Hall–Kier alpha value is -3.56. The average molecular weight is 735 g/mol. The van der Waals surface area contributed by atoms with Gasteiger partial charge < -0.3 is 15.5 Å². The first-order valence-electron chi connectivity index (χ1n) is 14.5. The van der Waals surface area contributed by atoms with Crippen LogP contribution in [0.25, 0.3) is 16.7 Å². The van der Waals surface area contributed by atoms with E-state index in [-0.39, 0.29) is 37.3 Å². The Morgan fingerprint density at radius 1 is 0.786 bits per heavy atom. The molecule has 0 aliphatic heterocycles. The van der Waals surface area contributed by atoms with Crippen LogP contribution < -0.4 is 5.10 Å². The fourth-order valence-electron chi connectivity index (χ4n) is 6.61. The molecule has 2 aliphatic carbocycles. The minimum atomic E-state index is -0.273. The standard InChI is InChI=1S/C24H27N4.C12H10N.Pt/c1-22(2,17-10-6-7-14-25-17)18-11-8-9-16(26-18)20-19-15-12-13-24(5,23(15,3)4)21(19)28-27-20;1-3-7-11(8-4-1)13-12-9-5-2-6-10-12;/h6-11,14-15H,12-13H2,1-5H3;1-10H;/q2*-1;+2. The molecule has 1 saturated carbocycles. The van der Waals surface area contributed by atoms with Gasteiger partial charge in [0.05, 0.1) is 17.1 Å². The van der Waals surface area contributed by atoms with Gasteiger partial charge in [0.15, 0.2) is 0 Å². The number of hydrogen-bond acceptors (Lipinski definition) is 3. The third kappa shape index (κ3) is 5.13. The van der Waals surface area contributed by atoms with E-state index in [1.54, 1.807) is 0 Å². The van der Waals surface area contributed by atoms with Crippen molar-refractivity contribution >= 4 is 11.4 Å². The summed E-state index contributed by atoms with van der Waals surface area (Å²) in [5.41, 5.74) is 8.57. The minimum absolute atomic E-state index is 0. The molecule has 5 nitrogen and oxygen atoms in total. The van der Waals surface area contributed by atoms with Crippen LogP contribution in [0.5, 0.6) is 0 Å². The summed E-state index contributed by atoms with van der Waals surface area (Å²) in [6, 6.07) is 32.2. The van der Waals surface area contributed by atoms with Crippen molar-refractivity contribution in [2.45, 2.75) is 64.2 Å². The number of fused-ring (bicyclic) bond motifs is 5. The number of aromatic nitrogens is 4. The van der Waals surface area contributed by atoms with E-state index in [0.717, 1.165) is 34.2 Å². The molecule has 0 spiro atoms. The van der Waals surface area contributed by atoms with E-state index in [9.17, 15) is 0 Å². The van der Waals surface area contributed by atoms with Crippen molar-refractivity contribution in [3.63, 3.8) is 0 Å². The number of para-hydroxylation sites is 2. The van der Waals surface area contributed by atoms with Gasteiger partial charge in [-0.2, -0.15) is 0 Å². The number of benzene rings is 2. The molecule has 7 rings (SSSR count). The molecule has 3 aromatic heterocycles. The molecule has 2 bridgehead atoms. The van der Waals surface area contributed by atoms with Crippen molar-refractivity contribution in [2.75, 3.05) is 0 Å². The predicted molar refractivity (Wildman–Crippen MR) is 166 cm³/mol. The number of hydrogen-bond donors (Lipinski definition) is 0. The predicted octanol–water partition coefficient (Wildman–Crippen LogP) is 9.02. The Morgan fingerprint density at radius 2 is 1.40 bits per heavy atom. The quantitative estimate of drug-likeness (QED) is 0.181. The number of pyridine rings is 2. The molecule has 3 heterocycles. The van der Waals surface area contributed by atoms with E-state index in [4.69, 9.17) is 4.98 Å². The van der Waals surface area contributed by atoms with Gasteiger partial charge in [0.25, 0.3) is 0 Å². The van der Waals surface area contributed by atoms with Crippen LogP contribution in [0.4, 0.5) is 11.4 Å². The molecular weight excluding hydrogens is 698 g/mol. The second kappa shape index (κ2) is 11.6. The van der Waals surface area contributed by atoms with Gasteiger partial charge in [-0.3, -0.25) is 9.97 Å². The Labute approximate surface area is 263 Å². The monoisotopic (exact) mass is 734 g/mol. The van der Waals surface area contributed by atoms with Crippen molar-refractivity contribution in [1.82, 2.24) is 20.2 Å². The molecule has 0 saturated heterocycles. The van der Waals surface area contributed by atoms with Crippen molar-refractivity contribution in [2.24, 2.45) is 5.41 Å². The topological polar surface area (TPSA) is 66.9 Å². The van der Waals surface area contributed by atoms with Gasteiger partial charge in [0, 0.05) is 22.7 Å². The largest absolute Gasteiger partial charge is 2.00 e. The van der Waals surface area contributed by atoms with Crippen molar-refractivity contribution in [3.8, 4) is 11.4 Å². The van der Waals surface area contributed by atoms with Crippen LogP contribution in [0.15, 0.2) is 103 Å². The van der Waals surface area contributed by atoms with Gasteiger partial charge in [-0.25, -0.2) is 0 Å². The molecule has 42 heavy (non-hydrogen) atoms. The maximum Gasteiger partial charge on any atom is 2.00 e. The second-order valence-corrected chi connectivity index (χ2v) is 12.5. The Bertz CT molecular complexity index is 1590. The van der Waals surface area contributed by atoms with Gasteiger partial charge in [-0.1, -0.05) is 99.3 Å². The molecule has 2 aromatic carbocycles. The summed E-state index contributed by atoms with van der Waals surface area (Å²) in [6.07, 6.45) is 4.27. The smallest absolute Gasteiger partial charge is 0.658 e. The molecule has 6 heteroatoms. The zero-order valence-corrected chi connectivity index (χ0v) is 27.1. The first kappa shape index (κ1) is 29.9. The van der Waals surface area contributed by atoms with Gasteiger partial charge in [-0.05, 0) is 67.9 Å². The van der Waals surface area contributed by atoms with Crippen LogP contribution in [0, 0.1) is 5.41 Å². The summed E-state index contributed by atoms with van der Waals surface area (Å²) < 4.78 is 0. The molecule has 2 atom stereocenters. The Kier molecular flexibility index (Phi) is 8.27. The van der Waals surface area contributed by atoms with E-state index < -0.39 is 0 Å². The van der Waals surface area contributed by atoms with Gasteiger partial charge in [0.2, 0.25) is 0 Å². The minimum Gasteiger partial charge on any atom is -0.658 e. The maximum absolute atomic E-state index is 5.05. The summed E-state index contributed by atoms with van der Waals surface area (Å²) in [5.74, 6) is 0.520. The zero-order chi connectivity index (χ0) is 28.7. The second-order valence-electron chi connectivity index (χ2n) is 12.5. The van der Waals surface area contributed by atoms with Crippen LogP contribution in [0.1, 0.15) is 76.0 Å². The fourth-order valence-corrected chi connectivity index (χ4v) is 6.61. The first-order valence-corrected chi connectivity index (χ1v) is 14.5. The van der Waals surface area contributed by atoms with Crippen molar-refractivity contribution in [3.05, 3.63) is 131 Å². The number of nitrogens with zero attached hydrogens (tertiary/aromatic N) is 5. The van der Waals surface area contributed by atoms with Crippen molar-refractivity contribution < 1.29 is 21.1 Å². The Morgan fingerprint density at radius 3 is 2.02 bits per heavy atom. The Balaban J connectivity index is 0.000000212. The van der Waals surface area contributed by atoms with E-state index in [1.165, 1.54) is 24.1 Å². The molecule has 0 amide bonds. The summed E-state index contributed by atoms with van der Waals surface area (Å²) in [4.78, 5) is 9.62. The summed E-state index contributed by atoms with van der Waals surface area (Å²) in [5, 5.41) is 13.7. The van der Waals surface area contributed by atoms with Gasteiger partial charge >= 0.3 is 21.1 Å². The summed E-state index contributed by atoms with van der Waals surface area (Å²) >= 11 is 0. The summed E-state index contributed by atoms with van der Waals surface area (Å²) in [7, 11) is 0. The van der Waals surface area contributed by atoms with E-state index >= 15 is 0 Å². The van der Waals surface area contributed by atoms with Crippen LogP contribution >= 0.6 is 0 Å². The molecule has 5 aromatic rings. The van der Waals surface area contributed by atoms with Crippen LogP contribution in [0.2, 0.25) is 0 Å². The average Bonchev–Trinajstić information content (AvgIpc) is 3.59. The molecule has 1 fully saturated rings. The molecule has 0 N–H and O–H groups in total. The fraction of sp³-hybridized carbons (Fsp3) is 0.306. The first-order chi connectivity index (χ1) is 19.7. The molecule has 0 radical (unpaired) electrons. The molecule has 2 unspecified atom stereocenters. The number of rotatable bonds is 5. The molecule has 2 aliphatic rings. The normalized spacial score (nSPS) is 19.7. The third-order valence-corrected chi connectivity index (χ3v) is 9.57. The maximum atomic E-state index is 5.05.